The molecule has 2 N–H and O–H groups in total. The van der Waals surface area contributed by atoms with Crippen molar-refractivity contribution < 1.29 is 4.79 Å². The zero-order chi connectivity index (χ0) is 19.2. The Morgan fingerprint density at radius 2 is 2.08 bits per heavy atom. The van der Waals surface area contributed by atoms with Gasteiger partial charge in [-0.2, -0.15) is 5.10 Å². The third kappa shape index (κ3) is 3.11. The fraction of sp³-hybridized carbons (Fsp3) is 0.650. The third-order valence-electron chi connectivity index (χ3n) is 5.20. The summed E-state index contributed by atoms with van der Waals surface area (Å²) in [5.41, 5.74) is 8.98. The second-order valence-electron chi connectivity index (χ2n) is 8.65. The van der Waals surface area contributed by atoms with E-state index in [4.69, 9.17) is 15.8 Å². The van der Waals surface area contributed by atoms with Crippen LogP contribution in [0.15, 0.2) is 6.07 Å². The average molecular weight is 358 g/mol. The first-order chi connectivity index (χ1) is 12.1. The number of rotatable bonds is 3. The van der Waals surface area contributed by atoms with Gasteiger partial charge in [-0.3, -0.25) is 4.79 Å². The van der Waals surface area contributed by atoms with Gasteiger partial charge < -0.3 is 10.6 Å². The number of fused-ring (bicyclic) bond motifs is 1. The Morgan fingerprint density at radius 1 is 1.38 bits per heavy atom. The Morgan fingerprint density at radius 3 is 2.65 bits per heavy atom. The lowest BCUT2D eigenvalue weighted by Crippen LogP contribution is -2.40. The molecular formula is C20H31N5O. The van der Waals surface area contributed by atoms with Crippen LogP contribution in [0.5, 0.6) is 0 Å². The minimum atomic E-state index is -0.205. The van der Waals surface area contributed by atoms with Gasteiger partial charge in [-0.25, -0.2) is 9.67 Å². The number of nitrogens with two attached hydrogens (primary N) is 1. The first-order valence-electron chi connectivity index (χ1n) is 9.57. The van der Waals surface area contributed by atoms with Crippen LogP contribution in [0, 0.1) is 6.92 Å². The summed E-state index contributed by atoms with van der Waals surface area (Å²) in [6.45, 7) is 13.8. The van der Waals surface area contributed by atoms with Gasteiger partial charge in [-0.1, -0.05) is 13.8 Å². The highest BCUT2D eigenvalue weighted by Gasteiger charge is 2.32. The highest BCUT2D eigenvalue weighted by atomic mass is 16.2. The minimum absolute atomic E-state index is 0.0591. The molecule has 0 spiro atoms. The van der Waals surface area contributed by atoms with Crippen LogP contribution in [0.3, 0.4) is 0 Å². The van der Waals surface area contributed by atoms with Gasteiger partial charge in [0.05, 0.1) is 22.2 Å². The third-order valence-corrected chi connectivity index (χ3v) is 5.20. The van der Waals surface area contributed by atoms with Gasteiger partial charge in [0, 0.05) is 24.8 Å². The molecule has 0 aromatic carbocycles. The quantitative estimate of drug-likeness (QED) is 0.915. The molecular weight excluding hydrogens is 326 g/mol. The first kappa shape index (κ1) is 18.8. The summed E-state index contributed by atoms with van der Waals surface area (Å²) in [5, 5.41) is 5.60. The number of likely N-dealkylation sites (tertiary alicyclic amines) is 1. The molecule has 0 saturated carbocycles. The molecule has 0 aliphatic carbocycles. The largest absolute Gasteiger partial charge is 0.334 e. The normalized spacial score (nSPS) is 18.3. The van der Waals surface area contributed by atoms with Crippen LogP contribution in [-0.4, -0.2) is 44.7 Å². The van der Waals surface area contributed by atoms with Crippen molar-refractivity contribution in [2.24, 2.45) is 5.73 Å². The standard InChI is InChI=1S/C20H31N5O/c1-12(2)16-10-15(19(26)24-9-7-8-14(24)11-21)17-13(3)23-25(18(17)22-16)20(4,5)6/h10,12,14H,7-9,11,21H2,1-6H3. The van der Waals surface area contributed by atoms with E-state index in [-0.39, 0.29) is 23.4 Å². The molecule has 1 saturated heterocycles. The summed E-state index contributed by atoms with van der Waals surface area (Å²) in [4.78, 5) is 20.2. The van der Waals surface area contributed by atoms with E-state index in [1.165, 1.54) is 0 Å². The van der Waals surface area contributed by atoms with E-state index in [9.17, 15) is 4.79 Å². The molecule has 0 radical (unpaired) electrons. The molecule has 1 aliphatic rings. The van der Waals surface area contributed by atoms with Gasteiger partial charge in [-0.15, -0.1) is 0 Å². The Labute approximate surface area is 155 Å². The maximum atomic E-state index is 13.4. The summed E-state index contributed by atoms with van der Waals surface area (Å²) >= 11 is 0. The van der Waals surface area contributed by atoms with Crippen LogP contribution in [0.25, 0.3) is 11.0 Å². The summed E-state index contributed by atoms with van der Waals surface area (Å²) < 4.78 is 1.95. The maximum Gasteiger partial charge on any atom is 0.255 e. The van der Waals surface area contributed by atoms with Crippen molar-refractivity contribution in [3.05, 3.63) is 23.0 Å². The van der Waals surface area contributed by atoms with Crippen molar-refractivity contribution >= 4 is 16.9 Å². The number of carbonyl (C=O) groups excluding carboxylic acids is 1. The van der Waals surface area contributed by atoms with Crippen molar-refractivity contribution in [1.82, 2.24) is 19.7 Å². The Hall–Kier alpha value is -1.95. The lowest BCUT2D eigenvalue weighted by molar-refractivity contribution is 0.0743. The summed E-state index contributed by atoms with van der Waals surface area (Å²) in [7, 11) is 0. The Bertz CT molecular complexity index is 831. The van der Waals surface area contributed by atoms with Gasteiger partial charge in [-0.05, 0) is 52.5 Å². The van der Waals surface area contributed by atoms with E-state index in [0.717, 1.165) is 41.8 Å². The summed E-state index contributed by atoms with van der Waals surface area (Å²) in [6.07, 6.45) is 1.99. The van der Waals surface area contributed by atoms with E-state index in [0.29, 0.717) is 12.1 Å². The highest BCUT2D eigenvalue weighted by Crippen LogP contribution is 2.31. The Balaban J connectivity index is 2.24. The number of aromatic nitrogens is 3. The first-order valence-corrected chi connectivity index (χ1v) is 9.57. The molecule has 1 atom stereocenters. The molecule has 3 heterocycles. The molecule has 142 valence electrons. The minimum Gasteiger partial charge on any atom is -0.334 e. The molecule has 2 aromatic rings. The van der Waals surface area contributed by atoms with Gasteiger partial charge >= 0.3 is 0 Å². The van der Waals surface area contributed by atoms with E-state index in [2.05, 4.69) is 34.6 Å². The van der Waals surface area contributed by atoms with E-state index in [1.54, 1.807) is 0 Å². The monoisotopic (exact) mass is 357 g/mol. The number of hydrogen-bond acceptors (Lipinski definition) is 4. The maximum absolute atomic E-state index is 13.4. The molecule has 1 aliphatic heterocycles. The number of amides is 1. The fourth-order valence-electron chi connectivity index (χ4n) is 3.74. The predicted octanol–water partition coefficient (Wildman–Crippen LogP) is 3.18. The molecule has 6 nitrogen and oxygen atoms in total. The molecule has 2 aromatic heterocycles. The van der Waals surface area contributed by atoms with E-state index >= 15 is 0 Å². The van der Waals surface area contributed by atoms with Gasteiger partial charge in [0.15, 0.2) is 5.65 Å². The second kappa shape index (κ2) is 6.65. The lowest BCUT2D eigenvalue weighted by Gasteiger charge is -2.25. The number of aryl methyl sites for hydroxylation is 1. The van der Waals surface area contributed by atoms with Crippen LogP contribution in [0.4, 0.5) is 0 Å². The molecule has 3 rings (SSSR count). The van der Waals surface area contributed by atoms with Crippen molar-refractivity contribution in [2.75, 3.05) is 13.1 Å². The molecule has 0 bridgehead atoms. The summed E-state index contributed by atoms with van der Waals surface area (Å²) in [6, 6.07) is 2.09. The molecule has 1 fully saturated rings. The van der Waals surface area contributed by atoms with Crippen LogP contribution in [0.1, 0.15) is 75.1 Å². The van der Waals surface area contributed by atoms with Crippen molar-refractivity contribution in [3.63, 3.8) is 0 Å². The second-order valence-corrected chi connectivity index (χ2v) is 8.65. The average Bonchev–Trinajstić information content (AvgIpc) is 3.17. The number of pyridine rings is 1. The number of hydrogen-bond donors (Lipinski definition) is 1. The number of carbonyl (C=O) groups is 1. The van der Waals surface area contributed by atoms with Crippen molar-refractivity contribution in [2.45, 2.75) is 71.9 Å². The van der Waals surface area contributed by atoms with E-state index < -0.39 is 0 Å². The predicted molar refractivity (Wildman–Crippen MR) is 104 cm³/mol. The van der Waals surface area contributed by atoms with E-state index in [1.807, 2.05) is 22.6 Å². The van der Waals surface area contributed by atoms with Crippen LogP contribution in [-0.2, 0) is 5.54 Å². The zero-order valence-electron chi connectivity index (χ0n) is 16.8. The Kier molecular flexibility index (Phi) is 4.82. The lowest BCUT2D eigenvalue weighted by atomic mass is 10.0. The van der Waals surface area contributed by atoms with Crippen LogP contribution in [0.2, 0.25) is 0 Å². The van der Waals surface area contributed by atoms with Crippen LogP contribution < -0.4 is 5.73 Å². The molecule has 1 unspecified atom stereocenters. The smallest absolute Gasteiger partial charge is 0.255 e. The van der Waals surface area contributed by atoms with Gasteiger partial charge in [0.25, 0.3) is 5.91 Å². The van der Waals surface area contributed by atoms with Crippen molar-refractivity contribution in [1.29, 1.82) is 0 Å². The fourth-order valence-corrected chi connectivity index (χ4v) is 3.74. The van der Waals surface area contributed by atoms with Gasteiger partial charge in [0.1, 0.15) is 0 Å². The summed E-state index contributed by atoms with van der Waals surface area (Å²) in [5.74, 6) is 0.294. The molecule has 1 amide bonds. The van der Waals surface area contributed by atoms with Crippen LogP contribution >= 0.6 is 0 Å². The SMILES string of the molecule is Cc1nn(C(C)(C)C)c2nc(C(C)C)cc(C(=O)N3CCCC3CN)c12. The number of nitrogens with zero attached hydrogens (tertiary/aromatic N) is 4. The topological polar surface area (TPSA) is 77.0 Å². The van der Waals surface area contributed by atoms with Crippen molar-refractivity contribution in [3.8, 4) is 0 Å². The zero-order valence-corrected chi connectivity index (χ0v) is 16.8. The highest BCUT2D eigenvalue weighted by molar-refractivity contribution is 6.06. The van der Waals surface area contributed by atoms with Gasteiger partial charge in [0.2, 0.25) is 0 Å². The molecule has 6 heteroatoms. The molecule has 26 heavy (non-hydrogen) atoms.